The number of carbonyl (C=O) groups is 5. The van der Waals surface area contributed by atoms with Gasteiger partial charge in [0.2, 0.25) is 12.5 Å². The Morgan fingerprint density at radius 1 is 0.780 bits per heavy atom. The van der Waals surface area contributed by atoms with E-state index in [2.05, 4.69) is 10.3 Å². The highest BCUT2D eigenvalue weighted by Gasteiger charge is 2.55. The number of cyclic esters (lactones) is 1. The van der Waals surface area contributed by atoms with Crippen molar-refractivity contribution in [3.63, 3.8) is 0 Å². The summed E-state index contributed by atoms with van der Waals surface area (Å²) in [7, 11) is 4.53. The van der Waals surface area contributed by atoms with Crippen molar-refractivity contribution in [1.82, 2.24) is 15.0 Å². The van der Waals surface area contributed by atoms with E-state index in [9.17, 15) is 24.0 Å². The molecule has 2 saturated heterocycles. The first kappa shape index (κ1) is 41.0. The molecule has 0 unspecified atom stereocenters. The van der Waals surface area contributed by atoms with Crippen LogP contribution >= 0.6 is 0 Å². The molecule has 3 aliphatic heterocycles. The molecule has 0 saturated carbocycles. The van der Waals surface area contributed by atoms with Gasteiger partial charge in [-0.3, -0.25) is 24.0 Å². The summed E-state index contributed by atoms with van der Waals surface area (Å²) in [4.78, 5) is 62.2. The van der Waals surface area contributed by atoms with Crippen LogP contribution in [0.1, 0.15) is 62.0 Å². The zero-order chi connectivity index (χ0) is 42.1. The summed E-state index contributed by atoms with van der Waals surface area (Å²) in [6.45, 7) is 3.93. The molecule has 4 aliphatic rings. The molecule has 59 heavy (non-hydrogen) atoms. The van der Waals surface area contributed by atoms with E-state index < -0.39 is 91.0 Å². The number of esters is 5. The molecule has 20 nitrogen and oxygen atoms in total. The van der Waals surface area contributed by atoms with Crippen LogP contribution in [0.25, 0.3) is 0 Å². The molecule has 3 aromatic rings. The summed E-state index contributed by atoms with van der Waals surface area (Å²) in [5.74, 6) is -2.86. The Morgan fingerprint density at radius 2 is 1.41 bits per heavy atom. The normalized spacial score (nSPS) is 26.4. The molecule has 0 radical (unpaired) electrons. The van der Waals surface area contributed by atoms with Crippen LogP contribution in [0.4, 0.5) is 0 Å². The van der Waals surface area contributed by atoms with E-state index in [1.807, 2.05) is 24.3 Å². The van der Waals surface area contributed by atoms with Crippen molar-refractivity contribution >= 4 is 29.8 Å². The first-order valence-corrected chi connectivity index (χ1v) is 18.5. The van der Waals surface area contributed by atoms with Gasteiger partial charge in [-0.05, 0) is 41.0 Å². The van der Waals surface area contributed by atoms with Crippen LogP contribution in [0.2, 0.25) is 0 Å². The third kappa shape index (κ3) is 8.14. The van der Waals surface area contributed by atoms with Crippen molar-refractivity contribution in [2.24, 2.45) is 11.8 Å². The number of carbonyl (C=O) groups excluding carboxylic acids is 5. The Kier molecular flexibility index (Phi) is 11.8. The largest absolute Gasteiger partial charge is 0.493 e. The van der Waals surface area contributed by atoms with Gasteiger partial charge in [-0.2, -0.15) is 0 Å². The van der Waals surface area contributed by atoms with E-state index in [4.69, 9.17) is 56.8 Å². The summed E-state index contributed by atoms with van der Waals surface area (Å²) < 4.78 is 69.7. The van der Waals surface area contributed by atoms with Crippen LogP contribution in [0, 0.1) is 11.8 Å². The van der Waals surface area contributed by atoms with E-state index in [0.717, 1.165) is 31.9 Å². The standard InChI is InChI=1S/C39H43N3O17/c1-17(43)51-15-30-35(56-18(2)44)36(57-19(3)45)37(58-20(4)46)39(59-30)53-13-22-12-42(41-40-22)33-24-11-27-26(54-16-55-27)10-23(24)31(32-25(33)14-52-38(32)47)21-8-28(48-5)34(50-7)29(9-21)49-6/h8-12,25,30-33,35-37,39H,13-16H2,1-7H3/t25-,30+,31+,32-,33+,35+,36-,37+,39+/m0/s1. The fourth-order valence-electron chi connectivity index (χ4n) is 8.16. The number of hydrogen-bond acceptors (Lipinski definition) is 19. The second kappa shape index (κ2) is 17.0. The summed E-state index contributed by atoms with van der Waals surface area (Å²) in [6, 6.07) is 6.73. The summed E-state index contributed by atoms with van der Waals surface area (Å²) in [5, 5.41) is 8.82. The van der Waals surface area contributed by atoms with Gasteiger partial charge in [0.25, 0.3) is 0 Å². The minimum atomic E-state index is -1.44. The van der Waals surface area contributed by atoms with Crippen LogP contribution < -0.4 is 23.7 Å². The van der Waals surface area contributed by atoms with Gasteiger partial charge in [0.1, 0.15) is 18.4 Å². The van der Waals surface area contributed by atoms with Crippen molar-refractivity contribution in [2.45, 2.75) is 77.0 Å². The fourth-order valence-corrected chi connectivity index (χ4v) is 8.16. The van der Waals surface area contributed by atoms with Crippen LogP contribution in [0.3, 0.4) is 0 Å². The smallest absolute Gasteiger partial charge is 0.310 e. The van der Waals surface area contributed by atoms with Gasteiger partial charge >= 0.3 is 29.8 Å². The first-order chi connectivity index (χ1) is 28.3. The molecule has 0 spiro atoms. The number of hydrogen-bond donors (Lipinski definition) is 0. The Labute approximate surface area is 337 Å². The molecule has 1 aromatic heterocycles. The lowest BCUT2D eigenvalue weighted by Crippen LogP contribution is -2.62. The van der Waals surface area contributed by atoms with E-state index in [-0.39, 0.29) is 25.7 Å². The highest BCUT2D eigenvalue weighted by Crippen LogP contribution is 2.56. The minimum Gasteiger partial charge on any atom is -0.493 e. The zero-order valence-electron chi connectivity index (χ0n) is 33.2. The van der Waals surface area contributed by atoms with Gasteiger partial charge in [0.15, 0.2) is 47.6 Å². The molecule has 1 aliphatic carbocycles. The topological polar surface area (TPSA) is 227 Å². The summed E-state index contributed by atoms with van der Waals surface area (Å²) in [5.41, 5.74) is 2.52. The number of benzene rings is 2. The average molecular weight is 826 g/mol. The minimum absolute atomic E-state index is 0.0106. The van der Waals surface area contributed by atoms with Gasteiger partial charge in [-0.1, -0.05) is 5.21 Å². The average Bonchev–Trinajstić information content (AvgIpc) is 3.95. The molecule has 20 heteroatoms. The SMILES string of the molecule is COc1cc([C@@H]2c3cc4c(cc3[C@@H](n3cc(CO[C@@H]5O[C@H](COC(C)=O)[C@@H](OC(C)=O)[C@H](OC(C)=O)[C@H]5OC(C)=O)nn3)[C@H]3COC(=O)[C@H]23)OCO4)cc(OC)c1OC. The maximum atomic E-state index is 13.8. The van der Waals surface area contributed by atoms with E-state index in [0.29, 0.717) is 34.3 Å². The lowest BCUT2D eigenvalue weighted by molar-refractivity contribution is -0.310. The molecule has 0 bridgehead atoms. The van der Waals surface area contributed by atoms with Crippen LogP contribution in [0.15, 0.2) is 30.5 Å². The highest BCUT2D eigenvalue weighted by atomic mass is 16.7. The number of nitrogens with zero attached hydrogens (tertiary/aromatic N) is 3. The number of fused-ring (bicyclic) bond motifs is 3. The molecule has 2 aromatic carbocycles. The predicted octanol–water partition coefficient (Wildman–Crippen LogP) is 2.16. The molecular formula is C39H43N3O17. The Hall–Kier alpha value is -6.15. The van der Waals surface area contributed by atoms with Gasteiger partial charge in [0.05, 0.1) is 52.7 Å². The van der Waals surface area contributed by atoms with Gasteiger partial charge in [0, 0.05) is 39.5 Å². The second-order valence-electron chi connectivity index (χ2n) is 14.1. The number of methoxy groups -OCH3 is 3. The van der Waals surface area contributed by atoms with Crippen molar-refractivity contribution < 1.29 is 80.8 Å². The molecule has 7 rings (SSSR count). The summed E-state index contributed by atoms with van der Waals surface area (Å²) in [6.07, 6.45) is -5.23. The Bertz CT molecular complexity index is 2100. The van der Waals surface area contributed by atoms with Crippen LogP contribution in [0.5, 0.6) is 28.7 Å². The Morgan fingerprint density at radius 3 is 2.02 bits per heavy atom. The quantitative estimate of drug-likeness (QED) is 0.178. The Balaban J connectivity index is 1.23. The van der Waals surface area contributed by atoms with Crippen LogP contribution in [-0.2, 0) is 63.7 Å². The predicted molar refractivity (Wildman–Crippen MR) is 193 cm³/mol. The van der Waals surface area contributed by atoms with Gasteiger partial charge in [-0.25, -0.2) is 4.68 Å². The molecule has 0 amide bonds. The van der Waals surface area contributed by atoms with Crippen molar-refractivity contribution in [1.29, 1.82) is 0 Å². The maximum absolute atomic E-state index is 13.8. The van der Waals surface area contributed by atoms with Crippen LogP contribution in [-0.4, -0.2) is 117 Å². The summed E-state index contributed by atoms with van der Waals surface area (Å²) >= 11 is 0. The van der Waals surface area contributed by atoms with Gasteiger partial charge < -0.3 is 56.8 Å². The highest BCUT2D eigenvalue weighted by molar-refractivity contribution is 5.79. The lowest BCUT2D eigenvalue weighted by Gasteiger charge is -2.43. The number of rotatable bonds is 13. The molecular weight excluding hydrogens is 782 g/mol. The molecule has 316 valence electrons. The van der Waals surface area contributed by atoms with Crippen molar-refractivity contribution in [3.8, 4) is 28.7 Å². The third-order valence-electron chi connectivity index (χ3n) is 10.4. The lowest BCUT2D eigenvalue weighted by atomic mass is 9.65. The molecule has 4 heterocycles. The number of aromatic nitrogens is 3. The van der Waals surface area contributed by atoms with E-state index in [1.54, 1.807) is 10.9 Å². The fraction of sp³-hybridized carbons (Fsp3) is 0.513. The first-order valence-electron chi connectivity index (χ1n) is 18.5. The van der Waals surface area contributed by atoms with Gasteiger partial charge in [-0.15, -0.1) is 5.10 Å². The van der Waals surface area contributed by atoms with Crippen molar-refractivity contribution in [2.75, 3.05) is 41.3 Å². The molecule has 0 N–H and O–H groups in total. The third-order valence-corrected chi connectivity index (χ3v) is 10.4. The zero-order valence-corrected chi connectivity index (χ0v) is 33.2. The van der Waals surface area contributed by atoms with E-state index in [1.165, 1.54) is 28.3 Å². The number of ether oxygens (including phenoxy) is 12. The van der Waals surface area contributed by atoms with Crippen molar-refractivity contribution in [3.05, 3.63) is 52.8 Å². The monoisotopic (exact) mass is 825 g/mol. The molecule has 2 fully saturated rings. The maximum Gasteiger partial charge on any atom is 0.310 e. The van der Waals surface area contributed by atoms with E-state index >= 15 is 0 Å². The molecule has 9 atom stereocenters. The second-order valence-corrected chi connectivity index (χ2v) is 14.1.